The highest BCUT2D eigenvalue weighted by Crippen LogP contribution is 2.11. The molecule has 0 unspecified atom stereocenters. The van der Waals surface area contributed by atoms with Crippen molar-refractivity contribution in [3.8, 4) is 0 Å². The zero-order valence-corrected chi connectivity index (χ0v) is 22.0. The number of hydrogen-bond acceptors (Lipinski definition) is 6. The van der Waals surface area contributed by atoms with Gasteiger partial charge < -0.3 is 21.7 Å². The van der Waals surface area contributed by atoms with Crippen LogP contribution in [0.15, 0.2) is 0 Å². The average Bonchev–Trinajstić information content (AvgIpc) is 2.76. The Hall–Kier alpha value is -0.290. The third-order valence-electron chi connectivity index (χ3n) is 5.22. The van der Waals surface area contributed by atoms with Gasteiger partial charge in [0.2, 0.25) is 0 Å². The summed E-state index contributed by atoms with van der Waals surface area (Å²) < 4.78 is 31.6. The summed E-state index contributed by atoms with van der Waals surface area (Å²) in [5, 5.41) is 17.2. The molecule has 0 aromatic rings. The minimum Gasteiger partial charge on any atom is -0.396 e. The highest BCUT2D eigenvalue weighted by Gasteiger charge is 1.93. The van der Waals surface area contributed by atoms with Crippen LogP contribution in [0, 0.1) is 0 Å². The van der Waals surface area contributed by atoms with E-state index < -0.39 is 10.4 Å². The molecule has 33 heavy (non-hydrogen) atoms. The Balaban J connectivity index is -0.000000453. The van der Waals surface area contributed by atoms with E-state index in [1.54, 1.807) is 0 Å². The van der Waals surface area contributed by atoms with Crippen molar-refractivity contribution in [2.75, 3.05) is 26.3 Å². The van der Waals surface area contributed by atoms with Gasteiger partial charge in [0, 0.05) is 13.2 Å². The van der Waals surface area contributed by atoms with Gasteiger partial charge in [-0.1, -0.05) is 103 Å². The Bertz CT molecular complexity index is 369. The van der Waals surface area contributed by atoms with E-state index in [0.717, 1.165) is 25.9 Å². The number of unbranched alkanes of at least 4 members (excludes halogenated alkanes) is 18. The lowest BCUT2D eigenvalue weighted by Crippen LogP contribution is -1.97. The second kappa shape index (κ2) is 33.9. The van der Waals surface area contributed by atoms with Crippen molar-refractivity contribution in [2.24, 2.45) is 11.5 Å². The summed E-state index contributed by atoms with van der Waals surface area (Å²) >= 11 is 0. The van der Waals surface area contributed by atoms with Crippen molar-refractivity contribution >= 4 is 10.4 Å². The lowest BCUT2D eigenvalue weighted by Gasteiger charge is -2.01. The molecule has 0 rings (SSSR count). The molecule has 204 valence electrons. The first-order valence-corrected chi connectivity index (χ1v) is 14.5. The van der Waals surface area contributed by atoms with E-state index in [4.69, 9.17) is 39.2 Å². The number of hydrogen-bond donors (Lipinski definition) is 6. The summed E-state index contributed by atoms with van der Waals surface area (Å²) in [5.41, 5.74) is 10.8. The summed E-state index contributed by atoms with van der Waals surface area (Å²) in [7, 11) is -4.67. The van der Waals surface area contributed by atoms with Crippen LogP contribution in [0.1, 0.15) is 128 Å². The second-order valence-electron chi connectivity index (χ2n) is 8.54. The molecule has 0 aliphatic carbocycles. The van der Waals surface area contributed by atoms with E-state index in [9.17, 15) is 0 Å². The van der Waals surface area contributed by atoms with E-state index in [0.29, 0.717) is 13.2 Å². The van der Waals surface area contributed by atoms with Crippen molar-refractivity contribution < 1.29 is 27.7 Å². The van der Waals surface area contributed by atoms with E-state index in [-0.39, 0.29) is 0 Å². The predicted molar refractivity (Wildman–Crippen MR) is 139 cm³/mol. The summed E-state index contributed by atoms with van der Waals surface area (Å²) in [6.45, 7) is 2.42. The molecule has 0 aliphatic heterocycles. The first kappa shape index (κ1) is 37.3. The van der Waals surface area contributed by atoms with E-state index in [1.807, 2.05) is 0 Å². The van der Waals surface area contributed by atoms with Gasteiger partial charge in [0.1, 0.15) is 0 Å². The average molecular weight is 501 g/mol. The molecule has 0 amide bonds. The van der Waals surface area contributed by atoms with Crippen molar-refractivity contribution in [1.82, 2.24) is 0 Å². The Morgan fingerprint density at radius 2 is 0.545 bits per heavy atom. The molecule has 8 N–H and O–H groups in total. The molecule has 0 heterocycles. The van der Waals surface area contributed by atoms with Gasteiger partial charge in [-0.15, -0.1) is 0 Å². The molecule has 0 atom stereocenters. The standard InChI is InChI=1S/2C12H27NO.H2O4S/c2*13-11-9-7-5-3-1-2-4-6-8-10-12-14;1-5(2,3)4/h2*14H,1-13H2;(H2,1,2,3,4). The molecular weight excluding hydrogens is 444 g/mol. The summed E-state index contributed by atoms with van der Waals surface area (Å²) in [4.78, 5) is 0. The predicted octanol–water partition coefficient (Wildman–Crippen LogP) is 5.02. The minimum atomic E-state index is -4.67. The van der Waals surface area contributed by atoms with E-state index in [1.165, 1.54) is 116 Å². The SMILES string of the molecule is NCCCCCCCCCCCCO.NCCCCCCCCCCCCO.O=S(=O)(O)O. The van der Waals surface area contributed by atoms with Gasteiger partial charge in [-0.3, -0.25) is 9.11 Å². The van der Waals surface area contributed by atoms with Crippen LogP contribution in [0.4, 0.5) is 0 Å². The number of aliphatic hydroxyl groups is 2. The maximum Gasteiger partial charge on any atom is 0.394 e. The maximum absolute atomic E-state index is 8.74. The Morgan fingerprint density at radius 3 is 0.697 bits per heavy atom. The van der Waals surface area contributed by atoms with Gasteiger partial charge in [-0.25, -0.2) is 0 Å². The largest absolute Gasteiger partial charge is 0.396 e. The van der Waals surface area contributed by atoms with Crippen LogP contribution in [0.25, 0.3) is 0 Å². The maximum atomic E-state index is 8.74. The molecule has 0 aromatic heterocycles. The molecule has 0 aromatic carbocycles. The topological polar surface area (TPSA) is 167 Å². The van der Waals surface area contributed by atoms with Crippen LogP contribution < -0.4 is 11.5 Å². The fourth-order valence-corrected chi connectivity index (χ4v) is 3.34. The molecule has 0 saturated carbocycles. The fraction of sp³-hybridized carbons (Fsp3) is 1.00. The molecule has 0 saturated heterocycles. The first-order valence-electron chi connectivity index (χ1n) is 13.1. The third kappa shape index (κ3) is 59.4. The fourth-order valence-electron chi connectivity index (χ4n) is 3.34. The van der Waals surface area contributed by atoms with Crippen molar-refractivity contribution in [3.63, 3.8) is 0 Å². The van der Waals surface area contributed by atoms with Crippen LogP contribution in [0.5, 0.6) is 0 Å². The second-order valence-corrected chi connectivity index (χ2v) is 9.44. The van der Waals surface area contributed by atoms with Gasteiger partial charge in [-0.2, -0.15) is 8.42 Å². The lowest BCUT2D eigenvalue weighted by atomic mass is 10.1. The van der Waals surface area contributed by atoms with Gasteiger partial charge in [0.15, 0.2) is 0 Å². The van der Waals surface area contributed by atoms with Crippen LogP contribution in [-0.2, 0) is 10.4 Å². The zero-order valence-electron chi connectivity index (χ0n) is 21.1. The highest BCUT2D eigenvalue weighted by atomic mass is 32.3. The quantitative estimate of drug-likeness (QED) is 0.0889. The van der Waals surface area contributed by atoms with Crippen LogP contribution >= 0.6 is 0 Å². The van der Waals surface area contributed by atoms with Crippen molar-refractivity contribution in [2.45, 2.75) is 128 Å². The molecule has 0 bridgehead atoms. The molecular formula is C24H56N2O6S. The monoisotopic (exact) mass is 500 g/mol. The van der Waals surface area contributed by atoms with Crippen LogP contribution in [-0.4, -0.2) is 54.0 Å². The molecule has 0 aliphatic rings. The smallest absolute Gasteiger partial charge is 0.394 e. The molecule has 0 fully saturated rings. The highest BCUT2D eigenvalue weighted by molar-refractivity contribution is 7.79. The Morgan fingerprint density at radius 1 is 0.394 bits per heavy atom. The normalized spacial score (nSPS) is 10.8. The molecule has 8 nitrogen and oxygen atoms in total. The Kier molecular flexibility index (Phi) is 38.3. The van der Waals surface area contributed by atoms with Gasteiger partial charge in [0.05, 0.1) is 0 Å². The first-order chi connectivity index (χ1) is 15.8. The van der Waals surface area contributed by atoms with Crippen molar-refractivity contribution in [3.05, 3.63) is 0 Å². The lowest BCUT2D eigenvalue weighted by molar-refractivity contribution is 0.282. The zero-order chi connectivity index (χ0) is 25.5. The minimum absolute atomic E-state index is 0.360. The molecule has 0 spiro atoms. The molecule has 0 radical (unpaired) electrons. The van der Waals surface area contributed by atoms with E-state index in [2.05, 4.69) is 0 Å². The van der Waals surface area contributed by atoms with Gasteiger partial charge in [0.25, 0.3) is 0 Å². The molecule has 9 heteroatoms. The summed E-state index contributed by atoms with van der Waals surface area (Å²) in [6.07, 6.45) is 25.6. The Labute approximate surface area is 204 Å². The third-order valence-corrected chi connectivity index (χ3v) is 5.22. The number of aliphatic hydroxyl groups excluding tert-OH is 2. The summed E-state index contributed by atoms with van der Waals surface area (Å²) in [6, 6.07) is 0. The van der Waals surface area contributed by atoms with Crippen molar-refractivity contribution in [1.29, 1.82) is 0 Å². The van der Waals surface area contributed by atoms with E-state index >= 15 is 0 Å². The summed E-state index contributed by atoms with van der Waals surface area (Å²) in [5.74, 6) is 0. The van der Waals surface area contributed by atoms with Crippen LogP contribution in [0.3, 0.4) is 0 Å². The number of nitrogens with two attached hydrogens (primary N) is 2. The van der Waals surface area contributed by atoms with Crippen LogP contribution in [0.2, 0.25) is 0 Å². The van der Waals surface area contributed by atoms with Gasteiger partial charge in [-0.05, 0) is 38.8 Å². The van der Waals surface area contributed by atoms with Gasteiger partial charge >= 0.3 is 10.4 Å². The number of rotatable bonds is 22.